The molecule has 0 aromatic heterocycles. The van der Waals surface area contributed by atoms with E-state index in [9.17, 15) is 4.39 Å². The summed E-state index contributed by atoms with van der Waals surface area (Å²) in [6, 6.07) is 6.76. The quantitative estimate of drug-likeness (QED) is 0.435. The fourth-order valence-corrected chi connectivity index (χ4v) is 2.15. The van der Waals surface area contributed by atoms with Crippen molar-refractivity contribution in [2.75, 3.05) is 47.9 Å². The third-order valence-electron chi connectivity index (χ3n) is 3.36. The molecule has 0 saturated carbocycles. The number of nitrogens with zero attached hydrogens (tertiary/aromatic N) is 2. The van der Waals surface area contributed by atoms with Gasteiger partial charge in [0.2, 0.25) is 0 Å². The number of rotatable bonds is 8. The molecule has 0 amide bonds. The van der Waals surface area contributed by atoms with Crippen molar-refractivity contribution in [3.63, 3.8) is 0 Å². The van der Waals surface area contributed by atoms with Crippen molar-refractivity contribution in [1.82, 2.24) is 15.5 Å². The van der Waals surface area contributed by atoms with Crippen molar-refractivity contribution in [2.24, 2.45) is 4.99 Å². The molecule has 1 aromatic carbocycles. The van der Waals surface area contributed by atoms with Gasteiger partial charge in [-0.05, 0) is 38.2 Å². The van der Waals surface area contributed by atoms with Crippen molar-refractivity contribution < 1.29 is 9.13 Å². The predicted molar refractivity (Wildman–Crippen MR) is 88.7 cm³/mol. The minimum absolute atomic E-state index is 0.0632. The van der Waals surface area contributed by atoms with Gasteiger partial charge in [0, 0.05) is 33.9 Å². The van der Waals surface area contributed by atoms with Crippen LogP contribution in [0, 0.1) is 5.82 Å². The molecule has 5 nitrogen and oxygen atoms in total. The van der Waals surface area contributed by atoms with Crippen molar-refractivity contribution in [2.45, 2.75) is 12.5 Å². The van der Waals surface area contributed by atoms with Crippen LogP contribution in [0.3, 0.4) is 0 Å². The zero-order valence-electron chi connectivity index (χ0n) is 13.9. The molecular formula is C16H27FN4O. The summed E-state index contributed by atoms with van der Waals surface area (Å²) in [7, 11) is 7.38. The normalized spacial score (nSPS) is 13.3. The molecule has 1 unspecified atom stereocenters. The van der Waals surface area contributed by atoms with Crippen LogP contribution in [0.2, 0.25) is 0 Å². The van der Waals surface area contributed by atoms with Crippen LogP contribution in [-0.4, -0.2) is 58.8 Å². The summed E-state index contributed by atoms with van der Waals surface area (Å²) in [5, 5.41) is 6.51. The molecule has 0 fully saturated rings. The number of nitrogens with one attached hydrogen (secondary N) is 2. The highest BCUT2D eigenvalue weighted by Gasteiger charge is 2.15. The van der Waals surface area contributed by atoms with Crippen LogP contribution in [0.25, 0.3) is 0 Å². The van der Waals surface area contributed by atoms with E-state index in [2.05, 4.69) is 20.5 Å². The lowest BCUT2D eigenvalue weighted by Gasteiger charge is -2.26. The molecule has 2 N–H and O–H groups in total. The number of hydrogen-bond donors (Lipinski definition) is 2. The first kappa shape index (κ1) is 18.4. The van der Waals surface area contributed by atoms with E-state index in [1.807, 2.05) is 20.2 Å². The molecule has 6 heteroatoms. The Kier molecular flexibility index (Phi) is 8.47. The zero-order chi connectivity index (χ0) is 16.4. The van der Waals surface area contributed by atoms with Crippen molar-refractivity contribution in [3.8, 4) is 0 Å². The van der Waals surface area contributed by atoms with Gasteiger partial charge in [0.1, 0.15) is 5.82 Å². The van der Waals surface area contributed by atoms with Gasteiger partial charge < -0.3 is 20.3 Å². The highest BCUT2D eigenvalue weighted by Crippen LogP contribution is 2.18. The van der Waals surface area contributed by atoms with Gasteiger partial charge in [0.15, 0.2) is 5.96 Å². The highest BCUT2D eigenvalue weighted by atomic mass is 19.1. The second kappa shape index (κ2) is 10.1. The molecule has 0 aliphatic heterocycles. The molecule has 0 spiro atoms. The summed E-state index contributed by atoms with van der Waals surface area (Å²) < 4.78 is 18.4. The third kappa shape index (κ3) is 6.41. The van der Waals surface area contributed by atoms with Gasteiger partial charge in [-0.2, -0.15) is 0 Å². The van der Waals surface area contributed by atoms with Crippen LogP contribution in [0.15, 0.2) is 29.3 Å². The van der Waals surface area contributed by atoms with E-state index in [4.69, 9.17) is 4.74 Å². The summed E-state index contributed by atoms with van der Waals surface area (Å²) in [6.45, 7) is 2.15. The summed E-state index contributed by atoms with van der Waals surface area (Å²) in [6.07, 6.45) is 0.915. The van der Waals surface area contributed by atoms with Crippen molar-refractivity contribution in [1.29, 1.82) is 0 Å². The third-order valence-corrected chi connectivity index (χ3v) is 3.36. The fourth-order valence-electron chi connectivity index (χ4n) is 2.15. The zero-order valence-corrected chi connectivity index (χ0v) is 13.9. The van der Waals surface area contributed by atoms with Crippen LogP contribution < -0.4 is 10.6 Å². The van der Waals surface area contributed by atoms with Gasteiger partial charge in [-0.1, -0.05) is 12.1 Å². The molecule has 1 atom stereocenters. The highest BCUT2D eigenvalue weighted by molar-refractivity contribution is 5.79. The Balaban J connectivity index is 2.56. The lowest BCUT2D eigenvalue weighted by atomic mass is 10.1. The van der Waals surface area contributed by atoms with Gasteiger partial charge >= 0.3 is 0 Å². The average Bonchev–Trinajstić information content (AvgIpc) is 2.49. The van der Waals surface area contributed by atoms with Gasteiger partial charge in [0.05, 0.1) is 6.04 Å². The maximum Gasteiger partial charge on any atom is 0.191 e. The first-order valence-electron chi connectivity index (χ1n) is 7.43. The van der Waals surface area contributed by atoms with Crippen LogP contribution >= 0.6 is 0 Å². The van der Waals surface area contributed by atoms with E-state index in [0.29, 0.717) is 13.2 Å². The topological polar surface area (TPSA) is 48.9 Å². The molecule has 124 valence electrons. The molecule has 0 bridgehead atoms. The van der Waals surface area contributed by atoms with E-state index >= 15 is 0 Å². The summed E-state index contributed by atoms with van der Waals surface area (Å²) in [5.41, 5.74) is 0.937. The molecule has 0 aliphatic carbocycles. The first-order chi connectivity index (χ1) is 10.6. The molecule has 0 heterocycles. The number of aliphatic imine (C=N–C) groups is 1. The number of guanidine groups is 1. The number of halogens is 1. The summed E-state index contributed by atoms with van der Waals surface area (Å²) in [5.74, 6) is 0.519. The standard InChI is InChI=1S/C16H27FN4O/c1-18-16(19-9-6-10-22-4)20-12-15(21(2)3)13-7-5-8-14(17)11-13/h5,7-8,11,15H,6,9-10,12H2,1-4H3,(H2,18,19,20). The second-order valence-corrected chi connectivity index (χ2v) is 5.26. The monoisotopic (exact) mass is 310 g/mol. The van der Waals surface area contributed by atoms with Gasteiger partial charge in [-0.25, -0.2) is 4.39 Å². The maximum absolute atomic E-state index is 13.4. The number of ether oxygens (including phenoxy) is 1. The number of likely N-dealkylation sites (N-methyl/N-ethyl adjacent to an activating group) is 1. The molecule has 0 radical (unpaired) electrons. The number of hydrogen-bond acceptors (Lipinski definition) is 3. The Hall–Kier alpha value is -1.66. The molecular weight excluding hydrogens is 283 g/mol. The van der Waals surface area contributed by atoms with Gasteiger partial charge in [-0.3, -0.25) is 4.99 Å². The average molecular weight is 310 g/mol. The Bertz CT molecular complexity index is 465. The Morgan fingerprint density at radius 1 is 1.36 bits per heavy atom. The molecule has 22 heavy (non-hydrogen) atoms. The first-order valence-corrected chi connectivity index (χ1v) is 7.43. The van der Waals surface area contributed by atoms with E-state index in [-0.39, 0.29) is 11.9 Å². The van der Waals surface area contributed by atoms with Crippen molar-refractivity contribution >= 4 is 5.96 Å². The van der Waals surface area contributed by atoms with Crippen LogP contribution in [0.5, 0.6) is 0 Å². The van der Waals surface area contributed by atoms with Gasteiger partial charge in [0.25, 0.3) is 0 Å². The fraction of sp³-hybridized carbons (Fsp3) is 0.562. The Labute approximate surface area is 132 Å². The largest absolute Gasteiger partial charge is 0.385 e. The van der Waals surface area contributed by atoms with E-state index in [1.165, 1.54) is 6.07 Å². The molecule has 0 aliphatic rings. The molecule has 1 aromatic rings. The van der Waals surface area contributed by atoms with E-state index in [1.54, 1.807) is 26.3 Å². The minimum atomic E-state index is -0.216. The van der Waals surface area contributed by atoms with Gasteiger partial charge in [-0.15, -0.1) is 0 Å². The smallest absolute Gasteiger partial charge is 0.191 e. The number of methoxy groups -OCH3 is 1. The predicted octanol–water partition coefficient (Wildman–Crippen LogP) is 1.63. The minimum Gasteiger partial charge on any atom is -0.385 e. The summed E-state index contributed by atoms with van der Waals surface area (Å²) in [4.78, 5) is 6.24. The second-order valence-electron chi connectivity index (χ2n) is 5.26. The SMILES string of the molecule is CN=C(NCCCOC)NCC(c1cccc(F)c1)N(C)C. The van der Waals surface area contributed by atoms with E-state index in [0.717, 1.165) is 24.5 Å². The van der Waals surface area contributed by atoms with Crippen LogP contribution in [0.4, 0.5) is 4.39 Å². The molecule has 0 saturated heterocycles. The summed E-state index contributed by atoms with van der Waals surface area (Å²) >= 11 is 0. The Morgan fingerprint density at radius 3 is 2.73 bits per heavy atom. The van der Waals surface area contributed by atoms with Crippen LogP contribution in [-0.2, 0) is 4.74 Å². The Morgan fingerprint density at radius 2 is 2.14 bits per heavy atom. The van der Waals surface area contributed by atoms with E-state index < -0.39 is 0 Å². The lowest BCUT2D eigenvalue weighted by molar-refractivity contribution is 0.195. The number of benzene rings is 1. The molecule has 1 rings (SSSR count). The maximum atomic E-state index is 13.4. The van der Waals surface area contributed by atoms with Crippen LogP contribution in [0.1, 0.15) is 18.0 Å². The lowest BCUT2D eigenvalue weighted by Crippen LogP contribution is -2.42. The van der Waals surface area contributed by atoms with Crippen molar-refractivity contribution in [3.05, 3.63) is 35.6 Å².